The molecule has 0 aliphatic rings. The highest BCUT2D eigenvalue weighted by Crippen LogP contribution is 2.27. The number of furan rings is 1. The summed E-state index contributed by atoms with van der Waals surface area (Å²) in [4.78, 5) is 13.8. The van der Waals surface area contributed by atoms with E-state index in [-0.39, 0.29) is 21.7 Å². The maximum absolute atomic E-state index is 13.5. The van der Waals surface area contributed by atoms with Crippen molar-refractivity contribution in [3.63, 3.8) is 0 Å². The van der Waals surface area contributed by atoms with E-state index in [0.717, 1.165) is 6.07 Å². The number of carbonyl (C=O) groups is 1. The van der Waals surface area contributed by atoms with Crippen molar-refractivity contribution in [2.24, 2.45) is 0 Å². The van der Waals surface area contributed by atoms with E-state index in [0.29, 0.717) is 5.76 Å². The molecular weight excluding hydrogens is 304 g/mol. The Bertz CT molecular complexity index is 628. The van der Waals surface area contributed by atoms with Crippen LogP contribution in [-0.2, 0) is 0 Å². The van der Waals surface area contributed by atoms with Gasteiger partial charge in [-0.2, -0.15) is 0 Å². The number of carbonyl (C=O) groups excluding carboxylic acids is 1. The van der Waals surface area contributed by atoms with E-state index in [4.69, 9.17) is 27.6 Å². The van der Waals surface area contributed by atoms with E-state index >= 15 is 0 Å². The Balaban J connectivity index is 2.29. The van der Waals surface area contributed by atoms with E-state index in [1.807, 2.05) is 0 Å². The summed E-state index contributed by atoms with van der Waals surface area (Å²) in [6, 6.07) is 5.46. The molecule has 2 rings (SSSR count). The van der Waals surface area contributed by atoms with Gasteiger partial charge in [0.2, 0.25) is 0 Å². The Labute approximate surface area is 125 Å². The molecule has 1 unspecified atom stereocenters. The number of hydrogen-bond acceptors (Lipinski definition) is 2. The van der Waals surface area contributed by atoms with Crippen molar-refractivity contribution in [1.82, 2.24) is 4.90 Å². The van der Waals surface area contributed by atoms with Crippen molar-refractivity contribution >= 4 is 29.1 Å². The van der Waals surface area contributed by atoms with Gasteiger partial charge in [-0.3, -0.25) is 4.79 Å². The largest absolute Gasteiger partial charge is 0.467 e. The third-order valence-corrected chi connectivity index (χ3v) is 3.70. The normalized spacial score (nSPS) is 12.2. The zero-order valence-corrected chi connectivity index (χ0v) is 12.4. The first-order valence-electron chi connectivity index (χ1n) is 5.87. The number of hydrogen-bond donors (Lipinski definition) is 0. The van der Waals surface area contributed by atoms with Gasteiger partial charge in [0.1, 0.15) is 11.6 Å². The zero-order chi connectivity index (χ0) is 14.9. The van der Waals surface area contributed by atoms with Crippen LogP contribution in [-0.4, -0.2) is 17.9 Å². The molecule has 0 aliphatic heterocycles. The Morgan fingerprint density at radius 3 is 2.65 bits per heavy atom. The van der Waals surface area contributed by atoms with Gasteiger partial charge in [0.25, 0.3) is 5.91 Å². The number of amides is 1. The molecule has 3 nitrogen and oxygen atoms in total. The summed E-state index contributed by atoms with van der Waals surface area (Å²) >= 11 is 11.6. The summed E-state index contributed by atoms with van der Waals surface area (Å²) in [5.74, 6) is -0.459. The first-order valence-corrected chi connectivity index (χ1v) is 6.62. The first kappa shape index (κ1) is 14.9. The predicted octanol–water partition coefficient (Wildman–Crippen LogP) is 4.56. The summed E-state index contributed by atoms with van der Waals surface area (Å²) in [5.41, 5.74) is 0.0643. The summed E-state index contributed by atoms with van der Waals surface area (Å²) in [7, 11) is 1.60. The van der Waals surface area contributed by atoms with Gasteiger partial charge in [-0.15, -0.1) is 0 Å². The fraction of sp³-hybridized carbons (Fsp3) is 0.214. The molecule has 106 valence electrons. The van der Waals surface area contributed by atoms with Crippen molar-refractivity contribution in [2.75, 3.05) is 7.05 Å². The molecule has 0 bridgehead atoms. The quantitative estimate of drug-likeness (QED) is 0.778. The maximum atomic E-state index is 13.5. The minimum Gasteiger partial charge on any atom is -0.467 e. The standard InChI is InChI=1S/C14H12Cl2FNO2/c1-8(13-4-3-5-20-13)18(2)14(19)9-6-12(17)11(16)7-10(9)15/h3-8H,1-2H3. The van der Waals surface area contributed by atoms with Crippen LogP contribution in [0.25, 0.3) is 0 Å². The number of nitrogens with zero attached hydrogens (tertiary/aromatic N) is 1. The highest BCUT2D eigenvalue weighted by molar-refractivity contribution is 6.36. The Morgan fingerprint density at radius 2 is 2.05 bits per heavy atom. The van der Waals surface area contributed by atoms with Gasteiger partial charge < -0.3 is 9.32 Å². The molecule has 0 fully saturated rings. The minimum atomic E-state index is -0.682. The third kappa shape index (κ3) is 2.81. The van der Waals surface area contributed by atoms with Crippen LogP contribution < -0.4 is 0 Å². The van der Waals surface area contributed by atoms with Gasteiger partial charge >= 0.3 is 0 Å². The lowest BCUT2D eigenvalue weighted by Gasteiger charge is -2.23. The molecule has 6 heteroatoms. The molecule has 0 aliphatic carbocycles. The zero-order valence-electron chi connectivity index (χ0n) is 10.9. The first-order chi connectivity index (χ1) is 9.41. The molecule has 2 aromatic rings. The summed E-state index contributed by atoms with van der Waals surface area (Å²) < 4.78 is 18.7. The molecular formula is C14H12Cl2FNO2. The second-order valence-corrected chi connectivity index (χ2v) is 5.17. The van der Waals surface area contributed by atoms with Crippen LogP contribution in [0, 0.1) is 5.82 Å². The number of benzene rings is 1. The molecule has 0 N–H and O–H groups in total. The minimum absolute atomic E-state index is 0.0643. The Hall–Kier alpha value is -1.52. The van der Waals surface area contributed by atoms with Gasteiger partial charge in [0, 0.05) is 7.05 Å². The van der Waals surface area contributed by atoms with Crippen molar-refractivity contribution < 1.29 is 13.6 Å². The van der Waals surface area contributed by atoms with Gasteiger partial charge in [0.15, 0.2) is 0 Å². The van der Waals surface area contributed by atoms with Gasteiger partial charge in [-0.1, -0.05) is 23.2 Å². The molecule has 1 heterocycles. The topological polar surface area (TPSA) is 33.5 Å². The lowest BCUT2D eigenvalue weighted by molar-refractivity contribution is 0.0726. The summed E-state index contributed by atoms with van der Waals surface area (Å²) in [6.45, 7) is 1.80. The van der Waals surface area contributed by atoms with E-state index < -0.39 is 11.7 Å². The van der Waals surface area contributed by atoms with Crippen LogP contribution in [0.15, 0.2) is 34.9 Å². The molecule has 0 radical (unpaired) electrons. The molecule has 1 atom stereocenters. The van der Waals surface area contributed by atoms with Crippen LogP contribution in [0.3, 0.4) is 0 Å². The van der Waals surface area contributed by atoms with Gasteiger partial charge in [-0.25, -0.2) is 4.39 Å². The highest BCUT2D eigenvalue weighted by Gasteiger charge is 2.23. The fourth-order valence-electron chi connectivity index (χ4n) is 1.77. The Morgan fingerprint density at radius 1 is 1.35 bits per heavy atom. The van der Waals surface area contributed by atoms with Crippen LogP contribution >= 0.6 is 23.2 Å². The SMILES string of the molecule is CC(c1ccco1)N(C)C(=O)c1cc(F)c(Cl)cc1Cl. The van der Waals surface area contributed by atoms with Gasteiger partial charge in [-0.05, 0) is 31.2 Å². The second-order valence-electron chi connectivity index (χ2n) is 4.35. The van der Waals surface area contributed by atoms with Crippen molar-refractivity contribution in [2.45, 2.75) is 13.0 Å². The van der Waals surface area contributed by atoms with Crippen molar-refractivity contribution in [3.8, 4) is 0 Å². The monoisotopic (exact) mass is 315 g/mol. The van der Waals surface area contributed by atoms with Crippen molar-refractivity contribution in [3.05, 3.63) is 57.7 Å². The van der Waals surface area contributed by atoms with Crippen LogP contribution in [0.4, 0.5) is 4.39 Å². The number of rotatable bonds is 3. The van der Waals surface area contributed by atoms with E-state index in [1.54, 1.807) is 26.1 Å². The molecule has 20 heavy (non-hydrogen) atoms. The predicted molar refractivity (Wildman–Crippen MR) is 75.6 cm³/mol. The van der Waals surface area contributed by atoms with Gasteiger partial charge in [0.05, 0.1) is 27.9 Å². The lowest BCUT2D eigenvalue weighted by Crippen LogP contribution is -2.29. The number of halogens is 3. The molecule has 0 saturated carbocycles. The summed E-state index contributed by atoms with van der Waals surface area (Å²) in [5, 5.41) is -0.00631. The molecule has 1 aromatic carbocycles. The highest BCUT2D eigenvalue weighted by atomic mass is 35.5. The third-order valence-electron chi connectivity index (χ3n) is 3.10. The second kappa shape index (κ2) is 5.85. The van der Waals surface area contributed by atoms with Crippen LogP contribution in [0.1, 0.15) is 29.1 Å². The molecule has 1 aromatic heterocycles. The maximum Gasteiger partial charge on any atom is 0.255 e. The van der Waals surface area contributed by atoms with E-state index in [9.17, 15) is 9.18 Å². The molecule has 0 spiro atoms. The molecule has 0 saturated heterocycles. The summed E-state index contributed by atoms with van der Waals surface area (Å²) in [6.07, 6.45) is 1.53. The fourth-order valence-corrected chi connectivity index (χ4v) is 2.24. The molecule has 1 amide bonds. The van der Waals surface area contributed by atoms with E-state index in [1.165, 1.54) is 17.2 Å². The van der Waals surface area contributed by atoms with Crippen molar-refractivity contribution in [1.29, 1.82) is 0 Å². The van der Waals surface area contributed by atoms with Crippen LogP contribution in [0.2, 0.25) is 10.0 Å². The smallest absolute Gasteiger partial charge is 0.255 e. The lowest BCUT2D eigenvalue weighted by atomic mass is 10.1. The Kier molecular flexibility index (Phi) is 4.35. The average molecular weight is 316 g/mol. The van der Waals surface area contributed by atoms with Crippen LogP contribution in [0.5, 0.6) is 0 Å². The average Bonchev–Trinajstić information content (AvgIpc) is 2.94. The van der Waals surface area contributed by atoms with E-state index in [2.05, 4.69) is 0 Å².